The van der Waals surface area contributed by atoms with Crippen molar-refractivity contribution in [1.29, 1.82) is 0 Å². The number of aromatic nitrogens is 2. The van der Waals surface area contributed by atoms with Crippen LogP contribution >= 0.6 is 0 Å². The Hall–Kier alpha value is -3.81. The van der Waals surface area contributed by atoms with Crippen LogP contribution in [0, 0.1) is 5.82 Å². The van der Waals surface area contributed by atoms with Crippen LogP contribution in [-0.4, -0.2) is 35.7 Å². The highest BCUT2D eigenvalue weighted by atomic mass is 19.1. The zero-order chi connectivity index (χ0) is 20.3. The number of hydrogen-bond acceptors (Lipinski definition) is 6. The number of hydrogen-bond donors (Lipinski definition) is 0. The van der Waals surface area contributed by atoms with Gasteiger partial charge >= 0.3 is 11.9 Å². The number of pyridine rings is 2. The topological polar surface area (TPSA) is 87.5 Å². The van der Waals surface area contributed by atoms with Gasteiger partial charge in [0.05, 0.1) is 25.3 Å². The maximum absolute atomic E-state index is 13.2. The molecule has 8 heteroatoms. The molecule has 0 aliphatic heterocycles. The Morgan fingerprint density at radius 1 is 0.964 bits per heavy atom. The molecule has 28 heavy (non-hydrogen) atoms. The maximum atomic E-state index is 13.2. The summed E-state index contributed by atoms with van der Waals surface area (Å²) >= 11 is 0. The number of methoxy groups -OCH3 is 2. The van der Waals surface area contributed by atoms with Gasteiger partial charge in [-0.25, -0.2) is 19.0 Å². The summed E-state index contributed by atoms with van der Waals surface area (Å²) < 4.78 is 23.8. The van der Waals surface area contributed by atoms with E-state index in [0.717, 1.165) is 4.57 Å². The zero-order valence-electron chi connectivity index (χ0n) is 15.0. The minimum Gasteiger partial charge on any atom is -0.465 e. The fraction of sp³-hybridized carbons (Fsp3) is 0.100. The number of carbonyl (C=O) groups excluding carboxylic acids is 2. The second kappa shape index (κ2) is 7.83. The lowest BCUT2D eigenvalue weighted by Crippen LogP contribution is -2.23. The molecule has 0 aliphatic rings. The number of benzene rings is 1. The van der Waals surface area contributed by atoms with Crippen molar-refractivity contribution in [2.75, 3.05) is 14.2 Å². The van der Waals surface area contributed by atoms with Crippen LogP contribution in [0.2, 0.25) is 0 Å². The molecule has 0 saturated heterocycles. The fourth-order valence-corrected chi connectivity index (χ4v) is 2.59. The van der Waals surface area contributed by atoms with Gasteiger partial charge in [-0.15, -0.1) is 0 Å². The van der Waals surface area contributed by atoms with E-state index in [4.69, 9.17) is 4.74 Å². The number of esters is 2. The summed E-state index contributed by atoms with van der Waals surface area (Å²) in [6, 6.07) is 9.57. The van der Waals surface area contributed by atoms with Crippen molar-refractivity contribution in [3.63, 3.8) is 0 Å². The van der Waals surface area contributed by atoms with Gasteiger partial charge in [0.2, 0.25) is 0 Å². The molecule has 2 aromatic heterocycles. The number of halogens is 1. The molecule has 0 atom stereocenters. The number of rotatable bonds is 4. The molecular formula is C20H15FN2O5. The molecule has 142 valence electrons. The summed E-state index contributed by atoms with van der Waals surface area (Å²) in [6.45, 7) is 0. The zero-order valence-corrected chi connectivity index (χ0v) is 15.0. The summed E-state index contributed by atoms with van der Waals surface area (Å²) in [7, 11) is 2.47. The standard InChI is InChI=1S/C20H15FN2O5/c1-27-19(25)13-5-8-17(22-10-13)23-11-14(20(26)28-2)9-16(18(23)24)12-3-6-15(21)7-4-12/h3-11H,1-2H3. The van der Waals surface area contributed by atoms with Crippen LogP contribution in [0.1, 0.15) is 20.7 Å². The third kappa shape index (κ3) is 3.66. The Balaban J connectivity index is 2.18. The molecular weight excluding hydrogens is 367 g/mol. The molecule has 3 aromatic rings. The average Bonchev–Trinajstić information content (AvgIpc) is 2.73. The summed E-state index contributed by atoms with van der Waals surface area (Å²) in [6.07, 6.45) is 2.55. The minimum atomic E-state index is -0.650. The smallest absolute Gasteiger partial charge is 0.339 e. The lowest BCUT2D eigenvalue weighted by molar-refractivity contribution is 0.0591. The van der Waals surface area contributed by atoms with Gasteiger partial charge in [0, 0.05) is 18.0 Å². The number of nitrogens with zero attached hydrogens (tertiary/aromatic N) is 2. The average molecular weight is 382 g/mol. The highest BCUT2D eigenvalue weighted by Crippen LogP contribution is 2.19. The van der Waals surface area contributed by atoms with Gasteiger partial charge in [0.15, 0.2) is 0 Å². The van der Waals surface area contributed by atoms with E-state index in [1.807, 2.05) is 0 Å². The van der Waals surface area contributed by atoms with E-state index in [1.165, 1.54) is 69.1 Å². The van der Waals surface area contributed by atoms with E-state index in [1.54, 1.807) is 0 Å². The SMILES string of the molecule is COC(=O)c1ccc(-n2cc(C(=O)OC)cc(-c3ccc(F)cc3)c2=O)nc1. The fourth-order valence-electron chi connectivity index (χ4n) is 2.59. The van der Waals surface area contributed by atoms with Crippen LogP contribution < -0.4 is 5.56 Å². The van der Waals surface area contributed by atoms with Gasteiger partial charge < -0.3 is 9.47 Å². The number of ether oxygens (including phenoxy) is 2. The molecule has 0 radical (unpaired) electrons. The summed E-state index contributed by atoms with van der Waals surface area (Å²) in [5.41, 5.74) is 0.443. The van der Waals surface area contributed by atoms with Crippen molar-refractivity contribution >= 4 is 11.9 Å². The van der Waals surface area contributed by atoms with Gasteiger partial charge in [0.1, 0.15) is 11.6 Å². The van der Waals surface area contributed by atoms with Gasteiger partial charge in [-0.2, -0.15) is 0 Å². The monoisotopic (exact) mass is 382 g/mol. The molecule has 0 spiro atoms. The van der Waals surface area contributed by atoms with Crippen molar-refractivity contribution in [2.24, 2.45) is 0 Å². The van der Waals surface area contributed by atoms with Gasteiger partial charge in [-0.05, 0) is 35.9 Å². The quantitative estimate of drug-likeness (QED) is 0.645. The Bertz CT molecular complexity index is 1090. The summed E-state index contributed by atoms with van der Waals surface area (Å²) in [5.74, 6) is -1.48. The van der Waals surface area contributed by atoms with Crippen LogP contribution in [0.5, 0.6) is 0 Å². The molecule has 7 nitrogen and oxygen atoms in total. The second-order valence-electron chi connectivity index (χ2n) is 5.71. The van der Waals surface area contributed by atoms with E-state index in [9.17, 15) is 18.8 Å². The van der Waals surface area contributed by atoms with E-state index in [0.29, 0.717) is 5.56 Å². The highest BCUT2D eigenvalue weighted by Gasteiger charge is 2.16. The molecule has 0 amide bonds. The Morgan fingerprint density at radius 3 is 2.18 bits per heavy atom. The van der Waals surface area contributed by atoms with E-state index < -0.39 is 23.3 Å². The molecule has 0 bridgehead atoms. The van der Waals surface area contributed by atoms with Crippen LogP contribution in [0.4, 0.5) is 4.39 Å². The van der Waals surface area contributed by atoms with Gasteiger partial charge in [-0.1, -0.05) is 12.1 Å². The lowest BCUT2D eigenvalue weighted by atomic mass is 10.1. The van der Waals surface area contributed by atoms with Crippen molar-refractivity contribution in [3.8, 4) is 16.9 Å². The summed E-state index contributed by atoms with van der Waals surface area (Å²) in [5, 5.41) is 0. The summed E-state index contributed by atoms with van der Waals surface area (Å²) in [4.78, 5) is 40.7. The van der Waals surface area contributed by atoms with Crippen molar-refractivity contribution in [1.82, 2.24) is 9.55 Å². The van der Waals surface area contributed by atoms with Gasteiger partial charge in [-0.3, -0.25) is 9.36 Å². The minimum absolute atomic E-state index is 0.111. The molecule has 0 aliphatic carbocycles. The molecule has 0 unspecified atom stereocenters. The van der Waals surface area contributed by atoms with Crippen LogP contribution in [-0.2, 0) is 9.47 Å². The molecule has 1 aromatic carbocycles. The highest BCUT2D eigenvalue weighted by molar-refractivity contribution is 5.91. The Labute approximate surface area is 159 Å². The molecule has 3 rings (SSSR count). The van der Waals surface area contributed by atoms with Crippen molar-refractivity contribution < 1.29 is 23.5 Å². The van der Waals surface area contributed by atoms with Crippen molar-refractivity contribution in [3.05, 3.63) is 82.2 Å². The first-order valence-electron chi connectivity index (χ1n) is 8.10. The van der Waals surface area contributed by atoms with Crippen LogP contribution in [0.3, 0.4) is 0 Å². The maximum Gasteiger partial charge on any atom is 0.339 e. The molecule has 0 saturated carbocycles. The van der Waals surface area contributed by atoms with E-state index >= 15 is 0 Å². The third-order valence-electron chi connectivity index (χ3n) is 4.01. The van der Waals surface area contributed by atoms with E-state index in [-0.39, 0.29) is 22.5 Å². The normalized spacial score (nSPS) is 10.4. The first-order valence-corrected chi connectivity index (χ1v) is 8.10. The van der Waals surface area contributed by atoms with Crippen molar-refractivity contribution in [2.45, 2.75) is 0 Å². The molecule has 0 fully saturated rings. The van der Waals surface area contributed by atoms with Crippen LogP contribution in [0.15, 0.2) is 59.7 Å². The van der Waals surface area contributed by atoms with Gasteiger partial charge in [0.25, 0.3) is 5.56 Å². The third-order valence-corrected chi connectivity index (χ3v) is 4.01. The predicted molar refractivity (Wildman–Crippen MR) is 97.9 cm³/mol. The molecule has 0 N–H and O–H groups in total. The predicted octanol–water partition coefficient (Wildman–Crippen LogP) is 2.61. The Morgan fingerprint density at radius 2 is 1.61 bits per heavy atom. The first kappa shape index (κ1) is 19.0. The lowest BCUT2D eigenvalue weighted by Gasteiger charge is -2.11. The largest absolute Gasteiger partial charge is 0.465 e. The second-order valence-corrected chi connectivity index (χ2v) is 5.71. The van der Waals surface area contributed by atoms with Crippen LogP contribution in [0.25, 0.3) is 16.9 Å². The molecule has 2 heterocycles. The first-order chi connectivity index (χ1) is 13.4. The number of carbonyl (C=O) groups is 2. The van der Waals surface area contributed by atoms with E-state index in [2.05, 4.69) is 9.72 Å². The Kier molecular flexibility index (Phi) is 5.30.